The van der Waals surface area contributed by atoms with Crippen LogP contribution in [0, 0.1) is 0 Å². The number of rotatable bonds is 3. The highest BCUT2D eigenvalue weighted by Crippen LogP contribution is 2.18. The maximum absolute atomic E-state index is 5.37. The molecule has 0 atom stereocenters. The number of ether oxygens (including phenoxy) is 1. The second-order valence-corrected chi connectivity index (χ2v) is 4.53. The van der Waals surface area contributed by atoms with Gasteiger partial charge in [0.15, 0.2) is 0 Å². The van der Waals surface area contributed by atoms with Crippen molar-refractivity contribution in [2.24, 2.45) is 0 Å². The third-order valence-electron chi connectivity index (χ3n) is 3.21. The van der Waals surface area contributed by atoms with Gasteiger partial charge in [-0.3, -0.25) is 0 Å². The summed E-state index contributed by atoms with van der Waals surface area (Å²) in [6.07, 6.45) is 5.89. The van der Waals surface area contributed by atoms with Gasteiger partial charge in [0.05, 0.1) is 5.69 Å². The zero-order valence-corrected chi connectivity index (χ0v) is 10.2. The van der Waals surface area contributed by atoms with E-state index >= 15 is 0 Å². The van der Waals surface area contributed by atoms with Crippen molar-refractivity contribution in [2.45, 2.75) is 18.9 Å². The van der Waals surface area contributed by atoms with Gasteiger partial charge in [-0.1, -0.05) is 6.07 Å². The van der Waals surface area contributed by atoms with Gasteiger partial charge in [-0.2, -0.15) is 5.10 Å². The van der Waals surface area contributed by atoms with Gasteiger partial charge in [-0.05, 0) is 37.1 Å². The normalized spacial score (nSPS) is 16.7. The first-order valence-electron chi connectivity index (χ1n) is 6.36. The van der Waals surface area contributed by atoms with Crippen LogP contribution in [-0.4, -0.2) is 29.0 Å². The molecule has 1 aliphatic rings. The van der Waals surface area contributed by atoms with E-state index in [1.807, 2.05) is 16.9 Å². The minimum absolute atomic E-state index is 0.520. The molecule has 2 aromatic rings. The molecule has 1 aliphatic heterocycles. The molecule has 0 aliphatic carbocycles. The molecule has 1 saturated heterocycles. The lowest BCUT2D eigenvalue weighted by molar-refractivity contribution is 0.0904. The van der Waals surface area contributed by atoms with Gasteiger partial charge < -0.3 is 10.1 Å². The molecular weight excluding hydrogens is 226 g/mol. The molecule has 1 aromatic heterocycles. The molecule has 1 fully saturated rings. The van der Waals surface area contributed by atoms with Crippen molar-refractivity contribution < 1.29 is 4.74 Å². The van der Waals surface area contributed by atoms with E-state index in [1.54, 1.807) is 6.20 Å². The first-order chi connectivity index (χ1) is 8.92. The highest BCUT2D eigenvalue weighted by atomic mass is 16.5. The van der Waals surface area contributed by atoms with Crippen molar-refractivity contribution in [1.29, 1.82) is 0 Å². The second-order valence-electron chi connectivity index (χ2n) is 4.53. The molecule has 0 bridgehead atoms. The average molecular weight is 243 g/mol. The van der Waals surface area contributed by atoms with Crippen molar-refractivity contribution in [1.82, 2.24) is 9.78 Å². The van der Waals surface area contributed by atoms with Crippen molar-refractivity contribution in [2.75, 3.05) is 18.5 Å². The summed E-state index contributed by atoms with van der Waals surface area (Å²) < 4.78 is 7.24. The minimum Gasteiger partial charge on any atom is -0.382 e. The molecule has 1 aromatic carbocycles. The Morgan fingerprint density at radius 1 is 1.22 bits per heavy atom. The number of anilines is 1. The first kappa shape index (κ1) is 11.3. The average Bonchev–Trinajstić information content (AvgIpc) is 2.94. The van der Waals surface area contributed by atoms with Crippen LogP contribution >= 0.6 is 0 Å². The van der Waals surface area contributed by atoms with E-state index in [9.17, 15) is 0 Å². The fraction of sp³-hybridized carbons (Fsp3) is 0.357. The third kappa shape index (κ3) is 2.54. The van der Waals surface area contributed by atoms with E-state index in [4.69, 9.17) is 4.74 Å². The Morgan fingerprint density at radius 3 is 2.89 bits per heavy atom. The molecule has 2 heterocycles. The first-order valence-corrected chi connectivity index (χ1v) is 6.36. The molecule has 1 N–H and O–H groups in total. The second kappa shape index (κ2) is 5.23. The summed E-state index contributed by atoms with van der Waals surface area (Å²) in [6, 6.07) is 10.8. The molecule has 0 radical (unpaired) electrons. The summed E-state index contributed by atoms with van der Waals surface area (Å²) in [5, 5.41) is 7.81. The Kier molecular flexibility index (Phi) is 3.28. The Labute approximate surface area is 107 Å². The lowest BCUT2D eigenvalue weighted by Gasteiger charge is -2.24. The summed E-state index contributed by atoms with van der Waals surface area (Å²) in [6.45, 7) is 1.72. The molecule has 4 heteroatoms. The van der Waals surface area contributed by atoms with Crippen LogP contribution in [0.5, 0.6) is 0 Å². The van der Waals surface area contributed by atoms with E-state index in [0.717, 1.165) is 37.4 Å². The Hall–Kier alpha value is -1.81. The number of benzene rings is 1. The fourth-order valence-corrected chi connectivity index (χ4v) is 2.24. The number of nitrogens with one attached hydrogen (secondary N) is 1. The fourth-order valence-electron chi connectivity index (χ4n) is 2.24. The maximum Gasteiger partial charge on any atom is 0.0666 e. The largest absolute Gasteiger partial charge is 0.382 e. The predicted molar refractivity (Wildman–Crippen MR) is 71.0 cm³/mol. The number of hydrogen-bond acceptors (Lipinski definition) is 3. The molecule has 0 amide bonds. The van der Waals surface area contributed by atoms with Crippen LogP contribution in [0.1, 0.15) is 12.8 Å². The van der Waals surface area contributed by atoms with Crippen LogP contribution in [0.25, 0.3) is 5.69 Å². The van der Waals surface area contributed by atoms with E-state index in [1.165, 1.54) is 0 Å². The topological polar surface area (TPSA) is 39.1 Å². The van der Waals surface area contributed by atoms with E-state index in [-0.39, 0.29) is 0 Å². The molecule has 0 spiro atoms. The van der Waals surface area contributed by atoms with Crippen LogP contribution < -0.4 is 5.32 Å². The number of aromatic nitrogens is 2. The molecule has 4 nitrogen and oxygen atoms in total. The standard InChI is InChI=1S/C14H17N3O/c1-3-13(16-12-5-9-18-10-6-12)11-14(4-1)17-8-2-7-15-17/h1-4,7-8,11-12,16H,5-6,9-10H2. The molecule has 0 unspecified atom stereocenters. The van der Waals surface area contributed by atoms with E-state index < -0.39 is 0 Å². The summed E-state index contributed by atoms with van der Waals surface area (Å²) in [7, 11) is 0. The van der Waals surface area contributed by atoms with Crippen molar-refractivity contribution in [3.8, 4) is 5.69 Å². The zero-order chi connectivity index (χ0) is 12.2. The SMILES string of the molecule is c1cc(NC2CCOCC2)cc(-n2cccn2)c1. The highest BCUT2D eigenvalue weighted by molar-refractivity contribution is 5.51. The quantitative estimate of drug-likeness (QED) is 0.900. The summed E-state index contributed by atoms with van der Waals surface area (Å²) in [5.41, 5.74) is 2.23. The number of hydrogen-bond donors (Lipinski definition) is 1. The van der Waals surface area contributed by atoms with Crippen molar-refractivity contribution >= 4 is 5.69 Å². The monoisotopic (exact) mass is 243 g/mol. The van der Waals surface area contributed by atoms with Crippen LogP contribution in [-0.2, 0) is 4.74 Å². The summed E-state index contributed by atoms with van der Waals surface area (Å²) in [5.74, 6) is 0. The van der Waals surface area contributed by atoms with E-state index in [2.05, 4.69) is 34.7 Å². The van der Waals surface area contributed by atoms with E-state index in [0.29, 0.717) is 6.04 Å². The van der Waals surface area contributed by atoms with Crippen molar-refractivity contribution in [3.63, 3.8) is 0 Å². The van der Waals surface area contributed by atoms with Crippen LogP contribution in [0.4, 0.5) is 5.69 Å². The zero-order valence-electron chi connectivity index (χ0n) is 10.2. The maximum atomic E-state index is 5.37. The lowest BCUT2D eigenvalue weighted by atomic mass is 10.1. The number of nitrogens with zero attached hydrogens (tertiary/aromatic N) is 2. The molecule has 0 saturated carbocycles. The van der Waals surface area contributed by atoms with Gasteiger partial charge in [0.2, 0.25) is 0 Å². The van der Waals surface area contributed by atoms with Gasteiger partial charge in [-0.25, -0.2) is 4.68 Å². The van der Waals surface area contributed by atoms with Crippen LogP contribution in [0.15, 0.2) is 42.7 Å². The Balaban J connectivity index is 1.74. The smallest absolute Gasteiger partial charge is 0.0666 e. The summed E-state index contributed by atoms with van der Waals surface area (Å²) in [4.78, 5) is 0. The van der Waals surface area contributed by atoms with Crippen molar-refractivity contribution in [3.05, 3.63) is 42.7 Å². The van der Waals surface area contributed by atoms with Crippen LogP contribution in [0.3, 0.4) is 0 Å². The van der Waals surface area contributed by atoms with Gasteiger partial charge >= 0.3 is 0 Å². The van der Waals surface area contributed by atoms with Crippen LogP contribution in [0.2, 0.25) is 0 Å². The summed E-state index contributed by atoms with van der Waals surface area (Å²) >= 11 is 0. The van der Waals surface area contributed by atoms with Gasteiger partial charge in [0.25, 0.3) is 0 Å². The van der Waals surface area contributed by atoms with Gasteiger partial charge in [0.1, 0.15) is 0 Å². The van der Waals surface area contributed by atoms with Gasteiger partial charge in [-0.15, -0.1) is 0 Å². The minimum atomic E-state index is 0.520. The molecule has 3 rings (SSSR count). The lowest BCUT2D eigenvalue weighted by Crippen LogP contribution is -2.27. The highest BCUT2D eigenvalue weighted by Gasteiger charge is 2.13. The molecule has 18 heavy (non-hydrogen) atoms. The predicted octanol–water partition coefficient (Wildman–Crippen LogP) is 2.46. The molecule has 94 valence electrons. The molecular formula is C14H17N3O. The Morgan fingerprint density at radius 2 is 2.11 bits per heavy atom. The Bertz CT molecular complexity index is 490. The van der Waals surface area contributed by atoms with Gasteiger partial charge in [0, 0.05) is 37.3 Å². The third-order valence-corrected chi connectivity index (χ3v) is 3.21.